The van der Waals surface area contributed by atoms with E-state index in [-0.39, 0.29) is 5.75 Å². The zero-order valence-electron chi connectivity index (χ0n) is 12.2. The molecule has 4 rings (SSSR count). The van der Waals surface area contributed by atoms with Crippen LogP contribution in [0.5, 0.6) is 5.75 Å². The van der Waals surface area contributed by atoms with Gasteiger partial charge in [0.1, 0.15) is 23.0 Å². The SMILES string of the molecule is Oc1ccc(-c2nc3cnccn3c2NCc2ccco2)cc1. The first-order valence-electron chi connectivity index (χ1n) is 7.19. The van der Waals surface area contributed by atoms with Crippen LogP contribution in [0.4, 0.5) is 5.82 Å². The van der Waals surface area contributed by atoms with Crippen molar-refractivity contribution in [2.24, 2.45) is 0 Å². The van der Waals surface area contributed by atoms with E-state index in [0.29, 0.717) is 6.54 Å². The molecule has 0 amide bonds. The quantitative estimate of drug-likeness (QED) is 0.605. The van der Waals surface area contributed by atoms with E-state index in [1.54, 1.807) is 30.8 Å². The first kappa shape index (κ1) is 13.4. The lowest BCUT2D eigenvalue weighted by molar-refractivity contribution is 0.475. The van der Waals surface area contributed by atoms with E-state index in [1.807, 2.05) is 34.9 Å². The van der Waals surface area contributed by atoms with E-state index in [9.17, 15) is 5.11 Å². The van der Waals surface area contributed by atoms with E-state index in [2.05, 4.69) is 15.3 Å². The summed E-state index contributed by atoms with van der Waals surface area (Å²) >= 11 is 0. The van der Waals surface area contributed by atoms with Crippen molar-refractivity contribution in [3.8, 4) is 17.0 Å². The number of phenols is 1. The Hall–Kier alpha value is -3.28. The molecular formula is C17H14N4O2. The van der Waals surface area contributed by atoms with Crippen LogP contribution in [-0.4, -0.2) is 19.5 Å². The molecule has 0 fully saturated rings. The van der Waals surface area contributed by atoms with E-state index in [1.165, 1.54) is 0 Å². The molecule has 0 saturated carbocycles. The van der Waals surface area contributed by atoms with Gasteiger partial charge in [-0.2, -0.15) is 0 Å². The van der Waals surface area contributed by atoms with E-state index >= 15 is 0 Å². The highest BCUT2D eigenvalue weighted by atomic mass is 16.3. The second kappa shape index (κ2) is 5.49. The molecule has 23 heavy (non-hydrogen) atoms. The summed E-state index contributed by atoms with van der Waals surface area (Å²) in [6.07, 6.45) is 6.93. The average Bonchev–Trinajstić information content (AvgIpc) is 3.21. The molecule has 0 spiro atoms. The third-order valence-corrected chi connectivity index (χ3v) is 3.58. The number of fused-ring (bicyclic) bond motifs is 1. The van der Waals surface area contributed by atoms with Gasteiger partial charge >= 0.3 is 0 Å². The molecule has 3 heterocycles. The number of phenolic OH excluding ortho intramolecular Hbond substituents is 1. The van der Waals surface area contributed by atoms with Crippen molar-refractivity contribution in [2.75, 3.05) is 5.32 Å². The molecule has 114 valence electrons. The number of nitrogens with zero attached hydrogens (tertiary/aromatic N) is 3. The molecule has 6 nitrogen and oxygen atoms in total. The molecule has 3 aromatic heterocycles. The molecule has 0 atom stereocenters. The zero-order valence-corrected chi connectivity index (χ0v) is 12.2. The van der Waals surface area contributed by atoms with E-state index in [0.717, 1.165) is 28.5 Å². The lowest BCUT2D eigenvalue weighted by Gasteiger charge is -2.07. The summed E-state index contributed by atoms with van der Waals surface area (Å²) in [6.45, 7) is 0.550. The van der Waals surface area contributed by atoms with Crippen molar-refractivity contribution in [3.63, 3.8) is 0 Å². The van der Waals surface area contributed by atoms with Crippen LogP contribution >= 0.6 is 0 Å². The minimum absolute atomic E-state index is 0.226. The van der Waals surface area contributed by atoms with Crippen molar-refractivity contribution in [1.29, 1.82) is 0 Å². The predicted octanol–water partition coefficient (Wildman–Crippen LogP) is 3.31. The molecule has 0 bridgehead atoms. The normalized spacial score (nSPS) is 11.0. The number of hydrogen-bond donors (Lipinski definition) is 2. The van der Waals surface area contributed by atoms with Crippen LogP contribution < -0.4 is 5.32 Å². The number of nitrogens with one attached hydrogen (secondary N) is 1. The summed E-state index contributed by atoms with van der Waals surface area (Å²) < 4.78 is 7.31. The molecule has 2 N–H and O–H groups in total. The fourth-order valence-electron chi connectivity index (χ4n) is 2.48. The number of hydrogen-bond acceptors (Lipinski definition) is 5. The lowest BCUT2D eigenvalue weighted by atomic mass is 10.1. The molecule has 1 aromatic carbocycles. The minimum atomic E-state index is 0.226. The Morgan fingerprint density at radius 1 is 1.17 bits per heavy atom. The number of rotatable bonds is 4. The van der Waals surface area contributed by atoms with Crippen molar-refractivity contribution in [3.05, 3.63) is 67.0 Å². The number of imidazole rings is 1. The Kier molecular flexibility index (Phi) is 3.20. The van der Waals surface area contributed by atoms with Crippen LogP contribution in [0.1, 0.15) is 5.76 Å². The van der Waals surface area contributed by atoms with Gasteiger partial charge in [0, 0.05) is 18.0 Å². The number of aromatic nitrogens is 3. The number of anilines is 1. The van der Waals surface area contributed by atoms with Gasteiger partial charge in [-0.25, -0.2) is 4.98 Å². The van der Waals surface area contributed by atoms with Crippen molar-refractivity contribution < 1.29 is 9.52 Å². The van der Waals surface area contributed by atoms with Gasteiger partial charge in [-0.1, -0.05) is 0 Å². The molecule has 0 aliphatic rings. The molecular weight excluding hydrogens is 292 g/mol. The topological polar surface area (TPSA) is 75.6 Å². The Labute approximate surface area is 132 Å². The van der Waals surface area contributed by atoms with Gasteiger partial charge in [0.05, 0.1) is 19.0 Å². The van der Waals surface area contributed by atoms with Crippen LogP contribution in [0.25, 0.3) is 16.9 Å². The van der Waals surface area contributed by atoms with Crippen molar-refractivity contribution in [2.45, 2.75) is 6.54 Å². The highest BCUT2D eigenvalue weighted by molar-refractivity contribution is 5.76. The Bertz CT molecular complexity index is 927. The second-order valence-electron chi connectivity index (χ2n) is 5.09. The molecule has 0 aliphatic carbocycles. The molecule has 0 aliphatic heterocycles. The standard InChI is InChI=1S/C17H14N4O2/c22-13-5-3-12(4-6-13)16-17(19-10-14-2-1-9-23-14)21-8-7-18-11-15(21)20-16/h1-9,11,19,22H,10H2. The van der Waals surface area contributed by atoms with Crippen LogP contribution in [0.15, 0.2) is 65.7 Å². The maximum Gasteiger partial charge on any atom is 0.157 e. The summed E-state index contributed by atoms with van der Waals surface area (Å²) in [7, 11) is 0. The fourth-order valence-corrected chi connectivity index (χ4v) is 2.48. The Morgan fingerprint density at radius 2 is 2.04 bits per heavy atom. The summed E-state index contributed by atoms with van der Waals surface area (Å²) in [6, 6.07) is 10.7. The zero-order chi connectivity index (χ0) is 15.6. The highest BCUT2D eigenvalue weighted by Crippen LogP contribution is 2.29. The maximum atomic E-state index is 9.48. The monoisotopic (exact) mass is 306 g/mol. The van der Waals surface area contributed by atoms with Gasteiger partial charge in [0.25, 0.3) is 0 Å². The first-order valence-corrected chi connectivity index (χ1v) is 7.19. The Morgan fingerprint density at radius 3 is 2.83 bits per heavy atom. The molecule has 0 saturated heterocycles. The van der Waals surface area contributed by atoms with Gasteiger partial charge in [-0.05, 0) is 36.4 Å². The van der Waals surface area contributed by atoms with Gasteiger partial charge in [0.15, 0.2) is 5.65 Å². The maximum absolute atomic E-state index is 9.48. The van der Waals surface area contributed by atoms with Crippen molar-refractivity contribution in [1.82, 2.24) is 14.4 Å². The molecule has 6 heteroatoms. The largest absolute Gasteiger partial charge is 0.508 e. The smallest absolute Gasteiger partial charge is 0.157 e. The van der Waals surface area contributed by atoms with Gasteiger partial charge in [-0.3, -0.25) is 9.38 Å². The molecule has 0 unspecified atom stereocenters. The lowest BCUT2D eigenvalue weighted by Crippen LogP contribution is -2.02. The minimum Gasteiger partial charge on any atom is -0.508 e. The summed E-state index contributed by atoms with van der Waals surface area (Å²) in [5.74, 6) is 1.92. The highest BCUT2D eigenvalue weighted by Gasteiger charge is 2.14. The van der Waals surface area contributed by atoms with Crippen LogP contribution in [-0.2, 0) is 6.54 Å². The van der Waals surface area contributed by atoms with Gasteiger partial charge < -0.3 is 14.8 Å². The molecule has 4 aromatic rings. The van der Waals surface area contributed by atoms with Gasteiger partial charge in [-0.15, -0.1) is 0 Å². The van der Waals surface area contributed by atoms with E-state index < -0.39 is 0 Å². The summed E-state index contributed by atoms with van der Waals surface area (Å²) in [5.41, 5.74) is 2.45. The molecule has 0 radical (unpaired) electrons. The number of benzene rings is 1. The second-order valence-corrected chi connectivity index (χ2v) is 5.09. The van der Waals surface area contributed by atoms with Crippen LogP contribution in [0.3, 0.4) is 0 Å². The summed E-state index contributed by atoms with van der Waals surface area (Å²) in [5, 5.41) is 12.8. The third-order valence-electron chi connectivity index (χ3n) is 3.58. The summed E-state index contributed by atoms with van der Waals surface area (Å²) in [4.78, 5) is 8.75. The third kappa shape index (κ3) is 2.50. The van der Waals surface area contributed by atoms with Gasteiger partial charge in [0.2, 0.25) is 0 Å². The van der Waals surface area contributed by atoms with Crippen LogP contribution in [0.2, 0.25) is 0 Å². The fraction of sp³-hybridized carbons (Fsp3) is 0.0588. The first-order chi connectivity index (χ1) is 11.3. The van der Waals surface area contributed by atoms with Crippen LogP contribution in [0, 0.1) is 0 Å². The van der Waals surface area contributed by atoms with Crippen molar-refractivity contribution >= 4 is 11.5 Å². The predicted molar refractivity (Wildman–Crippen MR) is 86.1 cm³/mol. The Balaban J connectivity index is 1.79. The average molecular weight is 306 g/mol. The number of aromatic hydroxyl groups is 1. The van der Waals surface area contributed by atoms with E-state index in [4.69, 9.17) is 4.42 Å². The number of furan rings is 1.